The van der Waals surface area contributed by atoms with Crippen molar-refractivity contribution < 1.29 is 8.42 Å². The highest BCUT2D eigenvalue weighted by Gasteiger charge is 2.46. The Balaban J connectivity index is 1.99. The second kappa shape index (κ2) is 5.07. The highest BCUT2D eigenvalue weighted by Crippen LogP contribution is 2.39. The molecule has 0 radical (unpaired) electrons. The van der Waals surface area contributed by atoms with Crippen LogP contribution in [0.4, 0.5) is 0 Å². The van der Waals surface area contributed by atoms with E-state index in [2.05, 4.69) is 19.2 Å². The Morgan fingerprint density at radius 3 is 2.65 bits per heavy atom. The topological polar surface area (TPSA) is 59.1 Å². The van der Waals surface area contributed by atoms with Gasteiger partial charge in [-0.05, 0) is 46.0 Å². The van der Waals surface area contributed by atoms with Gasteiger partial charge in [-0.15, -0.1) is 11.3 Å². The SMILES string of the molecule is CC(C)NC1(c2nc3c(s2)CCCC3)CCS(=O)(=O)C1. The molecule has 1 aliphatic carbocycles. The smallest absolute Gasteiger partial charge is 0.152 e. The fourth-order valence-corrected chi connectivity index (χ4v) is 6.64. The molecule has 1 unspecified atom stereocenters. The molecule has 1 N–H and O–H groups in total. The van der Waals surface area contributed by atoms with Crippen LogP contribution < -0.4 is 5.32 Å². The molecule has 2 heterocycles. The zero-order chi connectivity index (χ0) is 14.4. The van der Waals surface area contributed by atoms with E-state index in [1.807, 2.05) is 0 Å². The third-order valence-electron chi connectivity index (χ3n) is 4.13. The zero-order valence-corrected chi connectivity index (χ0v) is 13.7. The quantitative estimate of drug-likeness (QED) is 0.927. The molecule has 0 amide bonds. The zero-order valence-electron chi connectivity index (χ0n) is 12.1. The molecular formula is C14H22N2O2S2. The van der Waals surface area contributed by atoms with E-state index in [4.69, 9.17) is 4.98 Å². The average Bonchev–Trinajstić information content (AvgIpc) is 2.90. The second-order valence-corrected chi connectivity index (χ2v) is 9.59. The van der Waals surface area contributed by atoms with Crippen molar-refractivity contribution in [3.8, 4) is 0 Å². The molecule has 2 aliphatic rings. The van der Waals surface area contributed by atoms with Crippen molar-refractivity contribution in [2.75, 3.05) is 11.5 Å². The maximum absolute atomic E-state index is 12.0. The molecule has 1 aromatic heterocycles. The van der Waals surface area contributed by atoms with Gasteiger partial charge in [0.1, 0.15) is 5.01 Å². The van der Waals surface area contributed by atoms with Gasteiger partial charge in [0.25, 0.3) is 0 Å². The number of nitrogens with zero attached hydrogens (tertiary/aromatic N) is 1. The van der Waals surface area contributed by atoms with Crippen molar-refractivity contribution in [2.24, 2.45) is 0 Å². The molecule has 1 aliphatic heterocycles. The van der Waals surface area contributed by atoms with Gasteiger partial charge in [0.15, 0.2) is 9.84 Å². The monoisotopic (exact) mass is 314 g/mol. The minimum atomic E-state index is -2.94. The maximum Gasteiger partial charge on any atom is 0.152 e. The van der Waals surface area contributed by atoms with Crippen molar-refractivity contribution in [1.82, 2.24) is 10.3 Å². The van der Waals surface area contributed by atoms with Crippen LogP contribution in [0.25, 0.3) is 0 Å². The maximum atomic E-state index is 12.0. The summed E-state index contributed by atoms with van der Waals surface area (Å²) in [6.45, 7) is 4.14. The number of thiazole rings is 1. The summed E-state index contributed by atoms with van der Waals surface area (Å²) in [5.41, 5.74) is 0.764. The number of rotatable bonds is 3. The standard InChI is InChI=1S/C14H22N2O2S2/c1-10(2)16-14(7-8-20(17,18)9-14)13-15-11-5-3-4-6-12(11)19-13/h10,16H,3-9H2,1-2H3. The van der Waals surface area contributed by atoms with Crippen LogP contribution in [-0.4, -0.2) is 30.9 Å². The summed E-state index contributed by atoms with van der Waals surface area (Å²) in [6, 6.07) is 0.254. The van der Waals surface area contributed by atoms with Crippen LogP contribution in [0.15, 0.2) is 0 Å². The number of hydrogen-bond acceptors (Lipinski definition) is 5. The van der Waals surface area contributed by atoms with Crippen LogP contribution in [0.5, 0.6) is 0 Å². The summed E-state index contributed by atoms with van der Waals surface area (Å²) in [5.74, 6) is 0.474. The highest BCUT2D eigenvalue weighted by molar-refractivity contribution is 7.91. The normalized spacial score (nSPS) is 28.8. The Morgan fingerprint density at radius 1 is 1.30 bits per heavy atom. The predicted molar refractivity (Wildman–Crippen MR) is 82.0 cm³/mol. The average molecular weight is 314 g/mol. The molecule has 0 bridgehead atoms. The second-order valence-electron chi connectivity index (χ2n) is 6.32. The molecule has 1 aromatic rings. The van der Waals surface area contributed by atoms with Gasteiger partial charge in [0.2, 0.25) is 0 Å². The summed E-state index contributed by atoms with van der Waals surface area (Å²) in [5, 5.41) is 4.50. The minimum absolute atomic E-state index is 0.199. The number of sulfone groups is 1. The number of aromatic nitrogens is 1. The third-order valence-corrected chi connectivity index (χ3v) is 7.25. The van der Waals surface area contributed by atoms with E-state index in [0.717, 1.165) is 17.8 Å². The lowest BCUT2D eigenvalue weighted by Crippen LogP contribution is -2.47. The van der Waals surface area contributed by atoms with Gasteiger partial charge in [-0.25, -0.2) is 13.4 Å². The Labute approximate surface area is 124 Å². The molecule has 1 saturated heterocycles. The number of fused-ring (bicyclic) bond motifs is 1. The molecule has 20 heavy (non-hydrogen) atoms. The molecule has 1 atom stereocenters. The molecule has 4 nitrogen and oxygen atoms in total. The third kappa shape index (κ3) is 2.65. The number of aryl methyl sites for hydroxylation is 2. The van der Waals surface area contributed by atoms with Crippen molar-refractivity contribution >= 4 is 21.2 Å². The van der Waals surface area contributed by atoms with Crippen LogP contribution in [0.2, 0.25) is 0 Å². The summed E-state index contributed by atoms with van der Waals surface area (Å²) in [7, 11) is -2.94. The lowest BCUT2D eigenvalue weighted by Gasteiger charge is -2.29. The van der Waals surface area contributed by atoms with E-state index in [9.17, 15) is 8.42 Å². The highest BCUT2D eigenvalue weighted by atomic mass is 32.2. The summed E-state index contributed by atoms with van der Waals surface area (Å²) >= 11 is 1.74. The molecule has 112 valence electrons. The summed E-state index contributed by atoms with van der Waals surface area (Å²) in [6.07, 6.45) is 5.25. The van der Waals surface area contributed by atoms with Gasteiger partial charge < -0.3 is 5.32 Å². The molecule has 3 rings (SSSR count). The van der Waals surface area contributed by atoms with Crippen LogP contribution in [-0.2, 0) is 28.2 Å². The van der Waals surface area contributed by atoms with Gasteiger partial charge in [-0.2, -0.15) is 0 Å². The van der Waals surface area contributed by atoms with Gasteiger partial charge in [0.05, 0.1) is 22.7 Å². The first-order chi connectivity index (χ1) is 9.40. The minimum Gasteiger partial charge on any atom is -0.302 e. The van der Waals surface area contributed by atoms with Crippen LogP contribution in [0.1, 0.15) is 48.7 Å². The van der Waals surface area contributed by atoms with E-state index in [1.54, 1.807) is 11.3 Å². The van der Waals surface area contributed by atoms with E-state index < -0.39 is 15.4 Å². The molecule has 0 saturated carbocycles. The van der Waals surface area contributed by atoms with E-state index in [0.29, 0.717) is 6.42 Å². The predicted octanol–water partition coefficient (Wildman–Crippen LogP) is 2.03. The molecule has 1 fully saturated rings. The first kappa shape index (κ1) is 14.5. The summed E-state index contributed by atoms with van der Waals surface area (Å²) < 4.78 is 24.0. The fourth-order valence-electron chi connectivity index (χ4n) is 3.30. The lowest BCUT2D eigenvalue weighted by atomic mass is 9.98. The first-order valence-electron chi connectivity index (χ1n) is 7.37. The van der Waals surface area contributed by atoms with Gasteiger partial charge >= 0.3 is 0 Å². The molecular weight excluding hydrogens is 292 g/mol. The van der Waals surface area contributed by atoms with Crippen molar-refractivity contribution in [3.05, 3.63) is 15.6 Å². The lowest BCUT2D eigenvalue weighted by molar-refractivity contribution is 0.340. The van der Waals surface area contributed by atoms with Gasteiger partial charge in [-0.3, -0.25) is 0 Å². The largest absolute Gasteiger partial charge is 0.302 e. The van der Waals surface area contributed by atoms with E-state index in [1.165, 1.54) is 23.4 Å². The fraction of sp³-hybridized carbons (Fsp3) is 0.786. The molecule has 6 heteroatoms. The van der Waals surface area contributed by atoms with E-state index >= 15 is 0 Å². The Bertz CT molecular complexity index is 583. The van der Waals surface area contributed by atoms with Crippen molar-refractivity contribution in [3.63, 3.8) is 0 Å². The molecule has 0 aromatic carbocycles. The van der Waals surface area contributed by atoms with Gasteiger partial charge in [-0.1, -0.05) is 0 Å². The molecule has 0 spiro atoms. The van der Waals surface area contributed by atoms with Crippen molar-refractivity contribution in [1.29, 1.82) is 0 Å². The van der Waals surface area contributed by atoms with Crippen molar-refractivity contribution in [2.45, 2.75) is 57.5 Å². The van der Waals surface area contributed by atoms with Gasteiger partial charge in [0, 0.05) is 10.9 Å². The van der Waals surface area contributed by atoms with Crippen LogP contribution in [0, 0.1) is 0 Å². The van der Waals surface area contributed by atoms with E-state index in [-0.39, 0.29) is 17.5 Å². The number of hydrogen-bond donors (Lipinski definition) is 1. The first-order valence-corrected chi connectivity index (χ1v) is 10.0. The Morgan fingerprint density at radius 2 is 2.05 bits per heavy atom. The Kier molecular flexibility index (Phi) is 3.67. The Hall–Kier alpha value is -0.460. The number of nitrogens with one attached hydrogen (secondary N) is 1. The summed E-state index contributed by atoms with van der Waals surface area (Å²) in [4.78, 5) is 6.19. The van der Waals surface area contributed by atoms with Crippen LogP contribution in [0.3, 0.4) is 0 Å². The van der Waals surface area contributed by atoms with Crippen LogP contribution >= 0.6 is 11.3 Å².